The van der Waals surface area contributed by atoms with E-state index in [-0.39, 0.29) is 17.3 Å². The van der Waals surface area contributed by atoms with E-state index in [1.165, 1.54) is 19.1 Å². The molecule has 0 aliphatic heterocycles. The smallest absolute Gasteiger partial charge is 0.276 e. The molecule has 0 fully saturated rings. The van der Waals surface area contributed by atoms with E-state index in [0.717, 1.165) is 5.69 Å². The standard InChI is InChI=1S/C22H21N3O4/c1-25(15-8-5-4-6-9-15)22(27)18-11-7-10-17(23-18)21(26)24-19-14-16(28-2)12-13-20(19)29-3/h4-14H,1-3H3,(H,24,26). The first-order chi connectivity index (χ1) is 14.0. The summed E-state index contributed by atoms with van der Waals surface area (Å²) in [5.74, 6) is 0.274. The molecule has 0 spiro atoms. The first kappa shape index (κ1) is 19.9. The molecule has 1 N–H and O–H groups in total. The molecule has 148 valence electrons. The predicted octanol–water partition coefficient (Wildman–Crippen LogP) is 3.63. The number of aromatic nitrogens is 1. The number of hydrogen-bond acceptors (Lipinski definition) is 5. The van der Waals surface area contributed by atoms with Gasteiger partial charge in [-0.2, -0.15) is 0 Å². The van der Waals surface area contributed by atoms with E-state index in [4.69, 9.17) is 9.47 Å². The number of para-hydroxylation sites is 1. The van der Waals surface area contributed by atoms with Gasteiger partial charge in [0.05, 0.1) is 19.9 Å². The van der Waals surface area contributed by atoms with Crippen molar-refractivity contribution in [1.29, 1.82) is 0 Å². The maximum atomic E-state index is 12.8. The summed E-state index contributed by atoms with van der Waals surface area (Å²) in [6.45, 7) is 0. The SMILES string of the molecule is COc1ccc(OC)c(NC(=O)c2cccc(C(=O)N(C)c3ccccc3)n2)c1. The fourth-order valence-corrected chi connectivity index (χ4v) is 2.72. The number of methoxy groups -OCH3 is 2. The Balaban J connectivity index is 1.82. The third-order valence-corrected chi connectivity index (χ3v) is 4.30. The minimum absolute atomic E-state index is 0.113. The van der Waals surface area contributed by atoms with Crippen LogP contribution in [0, 0.1) is 0 Å². The van der Waals surface area contributed by atoms with Crippen LogP contribution in [-0.4, -0.2) is 38.1 Å². The van der Waals surface area contributed by atoms with Gasteiger partial charge in [-0.05, 0) is 36.4 Å². The Morgan fingerprint density at radius 3 is 2.31 bits per heavy atom. The number of nitrogens with zero attached hydrogens (tertiary/aromatic N) is 2. The van der Waals surface area contributed by atoms with Crippen LogP contribution in [0.15, 0.2) is 66.7 Å². The van der Waals surface area contributed by atoms with Gasteiger partial charge in [-0.1, -0.05) is 24.3 Å². The lowest BCUT2D eigenvalue weighted by Crippen LogP contribution is -2.27. The van der Waals surface area contributed by atoms with Crippen molar-refractivity contribution in [1.82, 2.24) is 4.98 Å². The Bertz CT molecular complexity index is 1020. The molecular weight excluding hydrogens is 370 g/mol. The molecule has 0 unspecified atom stereocenters. The molecule has 7 heteroatoms. The van der Waals surface area contributed by atoms with Gasteiger partial charge in [0, 0.05) is 18.8 Å². The largest absolute Gasteiger partial charge is 0.497 e. The van der Waals surface area contributed by atoms with Crippen LogP contribution in [0.2, 0.25) is 0 Å². The van der Waals surface area contributed by atoms with Crippen molar-refractivity contribution in [3.8, 4) is 11.5 Å². The maximum absolute atomic E-state index is 12.8. The lowest BCUT2D eigenvalue weighted by Gasteiger charge is -2.17. The van der Waals surface area contributed by atoms with Crippen molar-refractivity contribution in [2.45, 2.75) is 0 Å². The maximum Gasteiger partial charge on any atom is 0.276 e. The van der Waals surface area contributed by atoms with Crippen molar-refractivity contribution in [2.75, 3.05) is 31.5 Å². The van der Waals surface area contributed by atoms with Crippen LogP contribution in [0.3, 0.4) is 0 Å². The summed E-state index contributed by atoms with van der Waals surface area (Å²) in [6, 6.07) is 19.0. The van der Waals surface area contributed by atoms with Gasteiger partial charge in [0.1, 0.15) is 22.9 Å². The van der Waals surface area contributed by atoms with Gasteiger partial charge in [0.15, 0.2) is 0 Å². The first-order valence-electron chi connectivity index (χ1n) is 8.87. The molecule has 1 heterocycles. The number of pyridine rings is 1. The molecule has 0 aliphatic rings. The number of nitrogens with one attached hydrogen (secondary N) is 1. The van der Waals surface area contributed by atoms with E-state index in [9.17, 15) is 9.59 Å². The van der Waals surface area contributed by atoms with Gasteiger partial charge in [-0.3, -0.25) is 9.59 Å². The molecule has 3 rings (SSSR count). The van der Waals surface area contributed by atoms with Crippen molar-refractivity contribution in [3.05, 3.63) is 78.1 Å². The Morgan fingerprint density at radius 2 is 1.62 bits per heavy atom. The fourth-order valence-electron chi connectivity index (χ4n) is 2.72. The third-order valence-electron chi connectivity index (χ3n) is 4.30. The van der Waals surface area contributed by atoms with Crippen LogP contribution >= 0.6 is 0 Å². The zero-order valence-corrected chi connectivity index (χ0v) is 16.4. The summed E-state index contributed by atoms with van der Waals surface area (Å²) < 4.78 is 10.5. The number of carbonyl (C=O) groups excluding carboxylic acids is 2. The van der Waals surface area contributed by atoms with E-state index < -0.39 is 5.91 Å². The van der Waals surface area contributed by atoms with Crippen LogP contribution in [-0.2, 0) is 0 Å². The minimum Gasteiger partial charge on any atom is -0.497 e. The van der Waals surface area contributed by atoms with Crippen molar-refractivity contribution in [3.63, 3.8) is 0 Å². The number of benzene rings is 2. The van der Waals surface area contributed by atoms with Crippen LogP contribution in [0.25, 0.3) is 0 Å². The molecule has 0 aliphatic carbocycles. The molecule has 0 radical (unpaired) electrons. The minimum atomic E-state index is -0.464. The topological polar surface area (TPSA) is 80.8 Å². The summed E-state index contributed by atoms with van der Waals surface area (Å²) in [6.07, 6.45) is 0. The second-order valence-corrected chi connectivity index (χ2v) is 6.13. The van der Waals surface area contributed by atoms with Gasteiger partial charge < -0.3 is 19.7 Å². The molecule has 7 nitrogen and oxygen atoms in total. The van der Waals surface area contributed by atoms with E-state index in [1.54, 1.807) is 43.4 Å². The molecular formula is C22H21N3O4. The molecule has 0 saturated carbocycles. The van der Waals surface area contributed by atoms with Crippen LogP contribution in [0.5, 0.6) is 11.5 Å². The first-order valence-corrected chi connectivity index (χ1v) is 8.87. The van der Waals surface area contributed by atoms with Crippen LogP contribution in [0.1, 0.15) is 21.0 Å². The summed E-state index contributed by atoms with van der Waals surface area (Å²) in [5.41, 5.74) is 1.45. The summed E-state index contributed by atoms with van der Waals surface area (Å²) in [7, 11) is 4.70. The summed E-state index contributed by atoms with van der Waals surface area (Å²) in [5, 5.41) is 2.75. The fraction of sp³-hybridized carbons (Fsp3) is 0.136. The van der Waals surface area contributed by atoms with E-state index >= 15 is 0 Å². The molecule has 2 amide bonds. The zero-order chi connectivity index (χ0) is 20.8. The van der Waals surface area contributed by atoms with E-state index in [2.05, 4.69) is 10.3 Å². The lowest BCUT2D eigenvalue weighted by molar-refractivity contribution is 0.0988. The normalized spacial score (nSPS) is 10.2. The van der Waals surface area contributed by atoms with Crippen LogP contribution < -0.4 is 19.7 Å². The molecule has 0 saturated heterocycles. The van der Waals surface area contributed by atoms with Gasteiger partial charge >= 0.3 is 0 Å². The predicted molar refractivity (Wildman–Crippen MR) is 111 cm³/mol. The number of ether oxygens (including phenoxy) is 2. The Morgan fingerprint density at radius 1 is 0.897 bits per heavy atom. The lowest BCUT2D eigenvalue weighted by atomic mass is 10.2. The Kier molecular flexibility index (Phi) is 6.09. The summed E-state index contributed by atoms with van der Waals surface area (Å²) in [4.78, 5) is 31.2. The van der Waals surface area contributed by atoms with E-state index in [1.807, 2.05) is 30.3 Å². The highest BCUT2D eigenvalue weighted by molar-refractivity contribution is 6.07. The molecule has 0 atom stereocenters. The van der Waals surface area contributed by atoms with Gasteiger partial charge in [0.2, 0.25) is 0 Å². The molecule has 0 bridgehead atoms. The molecule has 3 aromatic rings. The number of anilines is 2. The molecule has 2 aromatic carbocycles. The average molecular weight is 391 g/mol. The number of hydrogen-bond donors (Lipinski definition) is 1. The average Bonchev–Trinajstić information content (AvgIpc) is 2.78. The monoisotopic (exact) mass is 391 g/mol. The highest BCUT2D eigenvalue weighted by atomic mass is 16.5. The summed E-state index contributed by atoms with van der Waals surface area (Å²) >= 11 is 0. The second-order valence-electron chi connectivity index (χ2n) is 6.13. The molecule has 29 heavy (non-hydrogen) atoms. The highest BCUT2D eigenvalue weighted by Crippen LogP contribution is 2.29. The number of amides is 2. The van der Waals surface area contributed by atoms with Gasteiger partial charge in [0.25, 0.3) is 11.8 Å². The van der Waals surface area contributed by atoms with Crippen molar-refractivity contribution >= 4 is 23.2 Å². The van der Waals surface area contributed by atoms with Gasteiger partial charge in [-0.15, -0.1) is 0 Å². The van der Waals surface area contributed by atoms with Crippen molar-refractivity contribution in [2.24, 2.45) is 0 Å². The van der Waals surface area contributed by atoms with Gasteiger partial charge in [-0.25, -0.2) is 4.98 Å². The van der Waals surface area contributed by atoms with Crippen molar-refractivity contribution < 1.29 is 19.1 Å². The second kappa shape index (κ2) is 8.88. The third kappa shape index (κ3) is 4.52. The molecule has 1 aromatic heterocycles. The van der Waals surface area contributed by atoms with Crippen LogP contribution in [0.4, 0.5) is 11.4 Å². The highest BCUT2D eigenvalue weighted by Gasteiger charge is 2.18. The quantitative estimate of drug-likeness (QED) is 0.694. The Labute approximate surface area is 168 Å². The number of carbonyl (C=O) groups is 2. The van der Waals surface area contributed by atoms with E-state index in [0.29, 0.717) is 17.2 Å². The zero-order valence-electron chi connectivity index (χ0n) is 16.4. The Hall–Kier alpha value is -3.87. The number of rotatable bonds is 6.